The van der Waals surface area contributed by atoms with Gasteiger partial charge >= 0.3 is 0 Å². The molecule has 0 saturated heterocycles. The van der Waals surface area contributed by atoms with E-state index >= 15 is 0 Å². The van der Waals surface area contributed by atoms with Crippen LogP contribution < -0.4 is 24.4 Å². The van der Waals surface area contributed by atoms with E-state index in [0.29, 0.717) is 34.4 Å². The number of sulfonamides is 1. The second-order valence-corrected chi connectivity index (χ2v) is 11.3. The van der Waals surface area contributed by atoms with E-state index in [9.17, 15) is 18.0 Å². The molecule has 0 spiro atoms. The van der Waals surface area contributed by atoms with Gasteiger partial charge in [-0.2, -0.15) is 0 Å². The van der Waals surface area contributed by atoms with Crippen LogP contribution >= 0.6 is 11.6 Å². The number of benzene rings is 4. The summed E-state index contributed by atoms with van der Waals surface area (Å²) >= 11 is 5.86. The van der Waals surface area contributed by atoms with E-state index in [1.165, 1.54) is 29.2 Å². The Balaban J connectivity index is 1.21. The fourth-order valence-electron chi connectivity index (χ4n) is 4.18. The summed E-state index contributed by atoms with van der Waals surface area (Å²) in [6.45, 7) is 0.00829. The zero-order valence-electron chi connectivity index (χ0n) is 21.7. The molecule has 0 bridgehead atoms. The lowest BCUT2D eigenvalue weighted by Crippen LogP contribution is -2.51. The SMILES string of the molecule is O=C(NCc1ccccc1)[C@@H]1CN(C(=O)COc2ccc(S(=O)(=O)Nc3ccc(Cl)cc3)cc2)c2ccccc2O1. The lowest BCUT2D eigenvalue weighted by atomic mass is 10.1. The van der Waals surface area contributed by atoms with Crippen molar-refractivity contribution in [2.75, 3.05) is 22.8 Å². The van der Waals surface area contributed by atoms with Crippen molar-refractivity contribution in [3.8, 4) is 11.5 Å². The maximum absolute atomic E-state index is 13.2. The molecule has 1 atom stereocenters. The van der Waals surface area contributed by atoms with Gasteiger partial charge < -0.3 is 19.7 Å². The fourth-order valence-corrected chi connectivity index (χ4v) is 5.36. The Morgan fingerprint density at radius 1 is 0.902 bits per heavy atom. The first-order chi connectivity index (χ1) is 19.8. The topological polar surface area (TPSA) is 114 Å². The Kier molecular flexibility index (Phi) is 8.42. The molecular formula is C30H26ClN3O6S. The molecule has 210 valence electrons. The van der Waals surface area contributed by atoms with E-state index in [4.69, 9.17) is 21.1 Å². The molecule has 1 heterocycles. The first kappa shape index (κ1) is 28.0. The van der Waals surface area contributed by atoms with E-state index < -0.39 is 16.1 Å². The maximum atomic E-state index is 13.2. The summed E-state index contributed by atoms with van der Waals surface area (Å²) in [5.41, 5.74) is 1.85. The van der Waals surface area contributed by atoms with Crippen molar-refractivity contribution in [1.29, 1.82) is 0 Å². The first-order valence-corrected chi connectivity index (χ1v) is 14.5. The maximum Gasteiger partial charge on any atom is 0.265 e. The minimum atomic E-state index is -3.84. The molecule has 0 aliphatic carbocycles. The van der Waals surface area contributed by atoms with Gasteiger partial charge in [-0.05, 0) is 66.2 Å². The number of nitrogens with one attached hydrogen (secondary N) is 2. The van der Waals surface area contributed by atoms with Gasteiger partial charge in [0, 0.05) is 17.3 Å². The number of amides is 2. The highest BCUT2D eigenvalue weighted by molar-refractivity contribution is 7.92. The summed E-state index contributed by atoms with van der Waals surface area (Å²) in [5.74, 6) is -0.00834. The van der Waals surface area contributed by atoms with Crippen LogP contribution in [0.5, 0.6) is 11.5 Å². The molecule has 0 aromatic heterocycles. The molecule has 0 saturated carbocycles. The van der Waals surface area contributed by atoms with Crippen LogP contribution in [0.2, 0.25) is 5.02 Å². The third kappa shape index (κ3) is 6.97. The Hall–Kier alpha value is -4.54. The lowest BCUT2D eigenvalue weighted by molar-refractivity contribution is -0.128. The molecule has 0 fully saturated rings. The van der Waals surface area contributed by atoms with Crippen molar-refractivity contribution in [3.63, 3.8) is 0 Å². The molecule has 1 aliphatic rings. The van der Waals surface area contributed by atoms with Crippen LogP contribution in [-0.2, 0) is 26.2 Å². The molecular weight excluding hydrogens is 566 g/mol. The van der Waals surface area contributed by atoms with Gasteiger partial charge in [0.15, 0.2) is 12.7 Å². The van der Waals surface area contributed by atoms with Crippen LogP contribution in [0.15, 0.2) is 108 Å². The largest absolute Gasteiger partial charge is 0.484 e. The summed E-state index contributed by atoms with van der Waals surface area (Å²) in [5, 5.41) is 3.35. The number of anilines is 2. The fraction of sp³-hybridized carbons (Fsp3) is 0.133. The molecule has 4 aromatic rings. The molecule has 9 nitrogen and oxygen atoms in total. The smallest absolute Gasteiger partial charge is 0.265 e. The number of ether oxygens (including phenoxy) is 2. The summed E-state index contributed by atoms with van der Waals surface area (Å²) in [7, 11) is -3.84. The molecule has 41 heavy (non-hydrogen) atoms. The third-order valence-electron chi connectivity index (χ3n) is 6.27. The highest BCUT2D eigenvalue weighted by atomic mass is 35.5. The van der Waals surface area contributed by atoms with E-state index in [1.54, 1.807) is 48.5 Å². The zero-order valence-corrected chi connectivity index (χ0v) is 23.3. The molecule has 0 unspecified atom stereocenters. The number of rotatable bonds is 9. The quantitative estimate of drug-likeness (QED) is 0.293. The van der Waals surface area contributed by atoms with E-state index in [2.05, 4.69) is 10.0 Å². The number of hydrogen-bond acceptors (Lipinski definition) is 6. The van der Waals surface area contributed by atoms with Crippen LogP contribution in [0.25, 0.3) is 0 Å². The van der Waals surface area contributed by atoms with E-state index in [-0.39, 0.29) is 29.9 Å². The molecule has 5 rings (SSSR count). The van der Waals surface area contributed by atoms with Gasteiger partial charge in [-0.25, -0.2) is 8.42 Å². The third-order valence-corrected chi connectivity index (χ3v) is 7.92. The Morgan fingerprint density at radius 2 is 1.59 bits per heavy atom. The van der Waals surface area contributed by atoms with Crippen molar-refractivity contribution < 1.29 is 27.5 Å². The van der Waals surface area contributed by atoms with Gasteiger partial charge in [0.25, 0.3) is 21.8 Å². The number of hydrogen-bond donors (Lipinski definition) is 2. The molecule has 2 amide bonds. The standard InChI is InChI=1S/C30H26ClN3O6S/c31-22-10-12-23(13-11-22)33-41(37,38)25-16-14-24(15-17-25)39-20-29(35)34-19-28(40-27-9-5-4-8-26(27)34)30(36)32-18-21-6-2-1-3-7-21/h1-17,28,33H,18-20H2,(H,32,36)/t28-/m0/s1. The highest BCUT2D eigenvalue weighted by Gasteiger charge is 2.33. The number of halogens is 1. The van der Waals surface area contributed by atoms with Crippen molar-refractivity contribution >= 4 is 44.8 Å². The monoisotopic (exact) mass is 591 g/mol. The van der Waals surface area contributed by atoms with Crippen LogP contribution in [-0.4, -0.2) is 39.5 Å². The average Bonchev–Trinajstić information content (AvgIpc) is 3.00. The Labute approximate surface area is 242 Å². The van der Waals surface area contributed by atoms with Gasteiger partial charge in [0.2, 0.25) is 0 Å². The predicted molar refractivity (Wildman–Crippen MR) is 156 cm³/mol. The van der Waals surface area contributed by atoms with E-state index in [1.807, 2.05) is 30.3 Å². The van der Waals surface area contributed by atoms with Crippen molar-refractivity contribution in [2.24, 2.45) is 0 Å². The van der Waals surface area contributed by atoms with Crippen LogP contribution in [0.4, 0.5) is 11.4 Å². The number of fused-ring (bicyclic) bond motifs is 1. The number of carbonyl (C=O) groups excluding carboxylic acids is 2. The summed E-state index contributed by atoms with van der Waals surface area (Å²) in [6, 6.07) is 28.4. The second-order valence-electron chi connectivity index (χ2n) is 9.15. The van der Waals surface area contributed by atoms with E-state index in [0.717, 1.165) is 5.56 Å². The van der Waals surface area contributed by atoms with Gasteiger partial charge in [0.05, 0.1) is 17.1 Å². The van der Waals surface area contributed by atoms with Crippen LogP contribution in [0.3, 0.4) is 0 Å². The minimum absolute atomic E-state index is 0.00732. The van der Waals surface area contributed by atoms with Gasteiger partial charge in [0.1, 0.15) is 11.5 Å². The first-order valence-electron chi connectivity index (χ1n) is 12.7. The molecule has 4 aromatic carbocycles. The predicted octanol–water partition coefficient (Wildman–Crippen LogP) is 4.63. The summed E-state index contributed by atoms with van der Waals surface area (Å²) in [4.78, 5) is 27.6. The number of para-hydroxylation sites is 2. The normalized spacial score (nSPS) is 14.4. The number of carbonyl (C=O) groups is 2. The van der Waals surface area contributed by atoms with Crippen LogP contribution in [0.1, 0.15) is 5.56 Å². The van der Waals surface area contributed by atoms with Crippen LogP contribution in [0, 0.1) is 0 Å². The number of nitrogens with zero attached hydrogens (tertiary/aromatic N) is 1. The average molecular weight is 592 g/mol. The Morgan fingerprint density at radius 3 is 2.32 bits per heavy atom. The van der Waals surface area contributed by atoms with Gasteiger partial charge in [-0.15, -0.1) is 0 Å². The molecule has 1 aliphatic heterocycles. The molecule has 2 N–H and O–H groups in total. The van der Waals surface area contributed by atoms with Gasteiger partial charge in [-0.3, -0.25) is 14.3 Å². The van der Waals surface area contributed by atoms with Gasteiger partial charge in [-0.1, -0.05) is 54.1 Å². The summed E-state index contributed by atoms with van der Waals surface area (Å²) < 4.78 is 39.5. The van der Waals surface area contributed by atoms with Crippen molar-refractivity contribution in [1.82, 2.24) is 5.32 Å². The second kappa shape index (κ2) is 12.3. The Bertz CT molecular complexity index is 1630. The van der Waals surface area contributed by atoms with Crippen molar-refractivity contribution in [2.45, 2.75) is 17.5 Å². The zero-order chi connectivity index (χ0) is 28.8. The highest BCUT2D eigenvalue weighted by Crippen LogP contribution is 2.33. The minimum Gasteiger partial charge on any atom is -0.484 e. The lowest BCUT2D eigenvalue weighted by Gasteiger charge is -2.34. The molecule has 11 heteroatoms. The molecule has 0 radical (unpaired) electrons. The summed E-state index contributed by atoms with van der Waals surface area (Å²) in [6.07, 6.45) is -0.907. The van der Waals surface area contributed by atoms with Crippen molar-refractivity contribution in [3.05, 3.63) is 114 Å².